The average Bonchev–Trinajstić information content (AvgIpc) is 2.96. The Balaban J connectivity index is 1.81. The first-order chi connectivity index (χ1) is 9.13. The number of fused-ring (bicyclic) bond motifs is 1. The molecule has 0 aliphatic carbocycles. The predicted molar refractivity (Wildman–Crippen MR) is 72.6 cm³/mol. The summed E-state index contributed by atoms with van der Waals surface area (Å²) in [7, 11) is 0. The van der Waals surface area contributed by atoms with Crippen LogP contribution in [0.15, 0.2) is 10.6 Å². The summed E-state index contributed by atoms with van der Waals surface area (Å²) in [6.07, 6.45) is 2.60. The van der Waals surface area contributed by atoms with E-state index in [1.807, 2.05) is 6.92 Å². The van der Waals surface area contributed by atoms with Crippen LogP contribution in [0.4, 0.5) is 0 Å². The maximum atomic E-state index is 12.0. The van der Waals surface area contributed by atoms with Crippen molar-refractivity contribution in [2.24, 2.45) is 5.92 Å². The molecule has 0 aromatic rings. The van der Waals surface area contributed by atoms with Gasteiger partial charge in [0.1, 0.15) is 5.70 Å². The zero-order valence-electron chi connectivity index (χ0n) is 10.9. The second-order valence-electron chi connectivity index (χ2n) is 5.30. The van der Waals surface area contributed by atoms with E-state index in [9.17, 15) is 14.7 Å². The summed E-state index contributed by atoms with van der Waals surface area (Å²) >= 11 is 1.66. The Labute approximate surface area is 116 Å². The van der Waals surface area contributed by atoms with Gasteiger partial charge in [0.25, 0.3) is 0 Å². The molecule has 104 valence electrons. The lowest BCUT2D eigenvalue weighted by Crippen LogP contribution is -2.58. The monoisotopic (exact) mass is 282 g/mol. The zero-order valence-corrected chi connectivity index (χ0v) is 11.7. The minimum Gasteiger partial charge on any atom is -0.477 e. The molecule has 5 nitrogen and oxygen atoms in total. The van der Waals surface area contributed by atoms with Crippen LogP contribution in [-0.2, 0) is 9.59 Å². The van der Waals surface area contributed by atoms with E-state index in [-0.39, 0.29) is 23.6 Å². The molecule has 3 aliphatic rings. The van der Waals surface area contributed by atoms with Gasteiger partial charge in [-0.3, -0.25) is 4.79 Å². The summed E-state index contributed by atoms with van der Waals surface area (Å²) in [5.74, 6) is -0.946. The molecular weight excluding hydrogens is 264 g/mol. The lowest BCUT2D eigenvalue weighted by Gasteiger charge is -2.42. The molecule has 2 unspecified atom stereocenters. The molecule has 0 bridgehead atoms. The number of amides is 1. The van der Waals surface area contributed by atoms with E-state index in [1.165, 1.54) is 4.90 Å². The number of carbonyl (C=O) groups is 2. The van der Waals surface area contributed by atoms with E-state index >= 15 is 0 Å². The first-order valence-corrected chi connectivity index (χ1v) is 7.68. The first kappa shape index (κ1) is 13.0. The number of nitrogens with zero attached hydrogens (tertiary/aromatic N) is 1. The molecule has 0 saturated carbocycles. The lowest BCUT2D eigenvalue weighted by molar-refractivity contribution is -0.155. The van der Waals surface area contributed by atoms with Gasteiger partial charge in [0.15, 0.2) is 0 Å². The third-order valence-corrected chi connectivity index (χ3v) is 5.60. The van der Waals surface area contributed by atoms with Crippen LogP contribution in [0, 0.1) is 5.92 Å². The van der Waals surface area contributed by atoms with Crippen molar-refractivity contribution in [3.05, 3.63) is 10.6 Å². The van der Waals surface area contributed by atoms with Crippen molar-refractivity contribution in [1.82, 2.24) is 10.2 Å². The molecule has 3 rings (SSSR count). The first-order valence-electron chi connectivity index (χ1n) is 6.80. The van der Waals surface area contributed by atoms with E-state index in [2.05, 4.69) is 5.32 Å². The highest BCUT2D eigenvalue weighted by Gasteiger charge is 2.54. The Morgan fingerprint density at radius 3 is 2.95 bits per heavy atom. The highest BCUT2D eigenvalue weighted by molar-refractivity contribution is 8.03. The highest BCUT2D eigenvalue weighted by Crippen LogP contribution is 2.48. The molecule has 0 spiro atoms. The van der Waals surface area contributed by atoms with Crippen molar-refractivity contribution >= 4 is 23.6 Å². The van der Waals surface area contributed by atoms with E-state index in [0.29, 0.717) is 5.25 Å². The second kappa shape index (κ2) is 4.83. The van der Waals surface area contributed by atoms with E-state index in [1.54, 1.807) is 11.8 Å². The topological polar surface area (TPSA) is 69.6 Å². The molecule has 6 heteroatoms. The molecule has 3 aliphatic heterocycles. The van der Waals surface area contributed by atoms with Gasteiger partial charge in [-0.2, -0.15) is 0 Å². The molecule has 0 radical (unpaired) electrons. The number of rotatable bonds is 4. The van der Waals surface area contributed by atoms with Gasteiger partial charge in [0.05, 0.1) is 12.0 Å². The fraction of sp³-hybridized carbons (Fsp3) is 0.692. The minimum atomic E-state index is -0.959. The summed E-state index contributed by atoms with van der Waals surface area (Å²) in [4.78, 5) is 25.8. The van der Waals surface area contributed by atoms with Gasteiger partial charge in [-0.25, -0.2) is 4.79 Å². The summed E-state index contributed by atoms with van der Waals surface area (Å²) in [5, 5.41) is 13.1. The van der Waals surface area contributed by atoms with Gasteiger partial charge in [0.2, 0.25) is 5.91 Å². The van der Waals surface area contributed by atoms with Crippen LogP contribution < -0.4 is 5.32 Å². The Morgan fingerprint density at radius 1 is 1.58 bits per heavy atom. The smallest absolute Gasteiger partial charge is 0.353 e. The van der Waals surface area contributed by atoms with Crippen LogP contribution in [0.25, 0.3) is 0 Å². The number of carboxylic acid groups (broad SMARTS) is 1. The number of hydrogen-bond acceptors (Lipinski definition) is 4. The number of carbonyl (C=O) groups excluding carboxylic acids is 1. The number of carboxylic acids is 1. The average molecular weight is 282 g/mol. The van der Waals surface area contributed by atoms with Crippen molar-refractivity contribution in [3.63, 3.8) is 0 Å². The van der Waals surface area contributed by atoms with Crippen LogP contribution in [0.1, 0.15) is 26.2 Å². The van der Waals surface area contributed by atoms with E-state index in [0.717, 1.165) is 37.3 Å². The summed E-state index contributed by atoms with van der Waals surface area (Å²) in [6.45, 7) is 3.92. The number of aliphatic carboxylic acids is 1. The summed E-state index contributed by atoms with van der Waals surface area (Å²) in [5.41, 5.74) is 0.247. The molecule has 3 atom stereocenters. The quantitative estimate of drug-likeness (QED) is 0.753. The van der Waals surface area contributed by atoms with Crippen LogP contribution in [-0.4, -0.2) is 46.3 Å². The maximum Gasteiger partial charge on any atom is 0.353 e. The number of thioether (sulfide) groups is 1. The van der Waals surface area contributed by atoms with Crippen molar-refractivity contribution in [2.45, 2.75) is 37.5 Å². The fourth-order valence-electron chi connectivity index (χ4n) is 3.24. The van der Waals surface area contributed by atoms with E-state index in [4.69, 9.17) is 0 Å². The molecule has 1 amide bonds. The molecule has 2 saturated heterocycles. The second-order valence-corrected chi connectivity index (χ2v) is 6.70. The van der Waals surface area contributed by atoms with Gasteiger partial charge < -0.3 is 15.3 Å². The Kier molecular flexibility index (Phi) is 3.30. The Morgan fingerprint density at radius 2 is 2.37 bits per heavy atom. The van der Waals surface area contributed by atoms with Crippen LogP contribution in [0.5, 0.6) is 0 Å². The van der Waals surface area contributed by atoms with Crippen molar-refractivity contribution in [3.8, 4) is 0 Å². The molecule has 0 aromatic heterocycles. The van der Waals surface area contributed by atoms with Gasteiger partial charge >= 0.3 is 5.97 Å². The summed E-state index contributed by atoms with van der Waals surface area (Å²) < 4.78 is 0. The van der Waals surface area contributed by atoms with E-state index < -0.39 is 5.97 Å². The highest BCUT2D eigenvalue weighted by atomic mass is 32.2. The summed E-state index contributed by atoms with van der Waals surface area (Å²) in [6, 6.07) is 0.0977. The molecule has 19 heavy (non-hydrogen) atoms. The predicted octanol–water partition coefficient (Wildman–Crippen LogP) is 1.02. The Bertz CT molecular complexity index is 457. The molecular formula is C13H18N2O3S. The normalized spacial score (nSPS) is 33.6. The number of hydrogen-bond donors (Lipinski definition) is 2. The van der Waals surface area contributed by atoms with Gasteiger partial charge in [0, 0.05) is 23.1 Å². The Hall–Kier alpha value is -1.01. The van der Waals surface area contributed by atoms with Crippen molar-refractivity contribution in [1.29, 1.82) is 0 Å². The largest absolute Gasteiger partial charge is 0.477 e. The molecule has 3 heterocycles. The van der Waals surface area contributed by atoms with Crippen molar-refractivity contribution in [2.75, 3.05) is 13.1 Å². The van der Waals surface area contributed by atoms with Crippen LogP contribution >= 0.6 is 11.8 Å². The maximum absolute atomic E-state index is 12.0. The number of nitrogens with one attached hydrogen (secondary N) is 1. The molecule has 0 aromatic carbocycles. The fourth-order valence-corrected chi connectivity index (χ4v) is 4.64. The third kappa shape index (κ3) is 1.97. The van der Waals surface area contributed by atoms with Crippen LogP contribution in [0.2, 0.25) is 0 Å². The third-order valence-electron chi connectivity index (χ3n) is 4.22. The minimum absolute atomic E-state index is 0.00922. The number of β-lactam (4-membered cyclic amide) rings is 1. The van der Waals surface area contributed by atoms with Gasteiger partial charge in [-0.15, -0.1) is 11.8 Å². The molecule has 2 fully saturated rings. The molecule has 2 N–H and O–H groups in total. The van der Waals surface area contributed by atoms with Gasteiger partial charge in [-0.05, 0) is 19.4 Å². The lowest BCUT2D eigenvalue weighted by atomic mass is 9.85. The zero-order chi connectivity index (χ0) is 13.6. The van der Waals surface area contributed by atoms with Crippen LogP contribution in [0.3, 0.4) is 0 Å². The van der Waals surface area contributed by atoms with Gasteiger partial charge in [-0.1, -0.05) is 6.92 Å². The SMILES string of the molecule is CCC1C(=O)N2C(C(=O)O)=C(SC3CCNC3)C[C@H]12. The standard InChI is InChI=1S/C13H18N2O3S/c1-2-8-9-5-10(19-7-3-4-14-6-7)11(13(17)18)15(9)12(8)16/h7-9,14H,2-6H2,1H3,(H,17,18)/t7?,8?,9-/m1/s1. The van der Waals surface area contributed by atoms with Crippen molar-refractivity contribution < 1.29 is 14.7 Å².